The van der Waals surface area contributed by atoms with Gasteiger partial charge >= 0.3 is 0 Å². The van der Waals surface area contributed by atoms with Crippen molar-refractivity contribution in [1.82, 2.24) is 9.78 Å². The summed E-state index contributed by atoms with van der Waals surface area (Å²) in [6.07, 6.45) is 2.13. The molecule has 1 aromatic heterocycles. The molecule has 0 saturated carbocycles. The van der Waals surface area contributed by atoms with Crippen LogP contribution in [0.2, 0.25) is 0 Å². The lowest BCUT2D eigenvalue weighted by Gasteiger charge is -2.09. The smallest absolute Gasteiger partial charge is 0.230 e. The molecule has 0 atom stereocenters. The summed E-state index contributed by atoms with van der Waals surface area (Å²) in [6, 6.07) is 19.0. The molecule has 0 aliphatic heterocycles. The molecule has 0 aliphatic rings. The first-order valence-corrected chi connectivity index (χ1v) is 8.27. The molecule has 128 valence electrons. The standard InChI is InChI=1S/C20H21N3O2/c1-15(2)23-12-11-17(22-23)14-20(24)21-16-7-6-10-19(13-16)25-18-8-4-3-5-9-18/h3-13,15H,14H2,1-2H3,(H,21,24). The summed E-state index contributed by atoms with van der Waals surface area (Å²) in [4.78, 5) is 12.2. The van der Waals surface area contributed by atoms with Crippen molar-refractivity contribution < 1.29 is 9.53 Å². The van der Waals surface area contributed by atoms with Crippen molar-refractivity contribution in [2.45, 2.75) is 26.3 Å². The topological polar surface area (TPSA) is 56.2 Å². The maximum Gasteiger partial charge on any atom is 0.230 e. The van der Waals surface area contributed by atoms with Crippen molar-refractivity contribution in [3.63, 3.8) is 0 Å². The molecule has 0 radical (unpaired) electrons. The lowest BCUT2D eigenvalue weighted by Crippen LogP contribution is -2.15. The van der Waals surface area contributed by atoms with Crippen LogP contribution in [0, 0.1) is 0 Å². The number of benzene rings is 2. The van der Waals surface area contributed by atoms with Gasteiger partial charge < -0.3 is 10.1 Å². The Kier molecular flexibility index (Phi) is 5.14. The molecule has 1 heterocycles. The van der Waals surface area contributed by atoms with Crippen LogP contribution < -0.4 is 10.1 Å². The lowest BCUT2D eigenvalue weighted by molar-refractivity contribution is -0.115. The fourth-order valence-electron chi connectivity index (χ4n) is 2.39. The number of ether oxygens (including phenoxy) is 1. The highest BCUT2D eigenvalue weighted by atomic mass is 16.5. The third kappa shape index (κ3) is 4.70. The van der Waals surface area contributed by atoms with E-state index in [1.54, 1.807) is 6.07 Å². The van der Waals surface area contributed by atoms with Crippen LogP contribution in [-0.2, 0) is 11.2 Å². The number of carbonyl (C=O) groups excluding carboxylic acids is 1. The first-order chi connectivity index (χ1) is 12.1. The molecule has 1 amide bonds. The third-order valence-corrected chi connectivity index (χ3v) is 3.63. The summed E-state index contributed by atoms with van der Waals surface area (Å²) in [6.45, 7) is 4.10. The molecule has 2 aromatic carbocycles. The van der Waals surface area contributed by atoms with Crippen LogP contribution in [0.5, 0.6) is 11.5 Å². The number of carbonyl (C=O) groups is 1. The Hall–Kier alpha value is -3.08. The Bertz CT molecular complexity index is 841. The summed E-state index contributed by atoms with van der Waals surface area (Å²) < 4.78 is 7.63. The zero-order valence-corrected chi connectivity index (χ0v) is 14.3. The first kappa shape index (κ1) is 16.8. The van der Waals surface area contributed by atoms with Gasteiger partial charge in [-0.2, -0.15) is 5.10 Å². The van der Waals surface area contributed by atoms with E-state index in [9.17, 15) is 4.79 Å². The zero-order chi connectivity index (χ0) is 17.6. The predicted molar refractivity (Wildman–Crippen MR) is 97.9 cm³/mol. The second kappa shape index (κ2) is 7.66. The van der Waals surface area contributed by atoms with E-state index < -0.39 is 0 Å². The minimum Gasteiger partial charge on any atom is -0.457 e. The van der Waals surface area contributed by atoms with Gasteiger partial charge in [0.25, 0.3) is 0 Å². The van der Waals surface area contributed by atoms with Crippen LogP contribution in [-0.4, -0.2) is 15.7 Å². The van der Waals surface area contributed by atoms with E-state index in [2.05, 4.69) is 24.3 Å². The average Bonchev–Trinajstić information content (AvgIpc) is 3.05. The average molecular weight is 335 g/mol. The van der Waals surface area contributed by atoms with E-state index in [1.807, 2.05) is 65.5 Å². The molecule has 0 aliphatic carbocycles. The summed E-state index contributed by atoms with van der Waals surface area (Å²) in [5.41, 5.74) is 1.45. The molecular formula is C20H21N3O2. The quantitative estimate of drug-likeness (QED) is 0.724. The molecule has 1 N–H and O–H groups in total. The van der Waals surface area contributed by atoms with Gasteiger partial charge in [-0.1, -0.05) is 24.3 Å². The van der Waals surface area contributed by atoms with Gasteiger partial charge in [-0.05, 0) is 44.2 Å². The van der Waals surface area contributed by atoms with Gasteiger partial charge in [0.2, 0.25) is 5.91 Å². The second-order valence-electron chi connectivity index (χ2n) is 6.05. The Morgan fingerprint density at radius 2 is 1.84 bits per heavy atom. The highest BCUT2D eigenvalue weighted by Gasteiger charge is 2.09. The predicted octanol–water partition coefficient (Wildman–Crippen LogP) is 4.44. The number of nitrogens with zero attached hydrogens (tertiary/aromatic N) is 2. The highest BCUT2D eigenvalue weighted by molar-refractivity contribution is 5.92. The fourth-order valence-corrected chi connectivity index (χ4v) is 2.39. The van der Waals surface area contributed by atoms with E-state index in [1.165, 1.54) is 0 Å². The number of amides is 1. The molecule has 0 bridgehead atoms. The van der Waals surface area contributed by atoms with Gasteiger partial charge in [-0.3, -0.25) is 9.48 Å². The maximum absolute atomic E-state index is 12.2. The number of aromatic nitrogens is 2. The van der Waals surface area contributed by atoms with Crippen molar-refractivity contribution in [3.8, 4) is 11.5 Å². The van der Waals surface area contributed by atoms with Crippen LogP contribution in [0.15, 0.2) is 66.9 Å². The van der Waals surface area contributed by atoms with Gasteiger partial charge in [0, 0.05) is 24.0 Å². The van der Waals surface area contributed by atoms with Gasteiger partial charge in [-0.25, -0.2) is 0 Å². The molecule has 0 spiro atoms. The number of anilines is 1. The summed E-state index contributed by atoms with van der Waals surface area (Å²) in [5.74, 6) is 1.32. The van der Waals surface area contributed by atoms with Gasteiger partial charge in [-0.15, -0.1) is 0 Å². The molecule has 0 saturated heterocycles. The van der Waals surface area contributed by atoms with Crippen molar-refractivity contribution >= 4 is 11.6 Å². The van der Waals surface area contributed by atoms with Gasteiger partial charge in [0.05, 0.1) is 12.1 Å². The minimum absolute atomic E-state index is 0.106. The van der Waals surface area contributed by atoms with E-state index in [-0.39, 0.29) is 18.4 Å². The van der Waals surface area contributed by atoms with E-state index in [4.69, 9.17) is 4.74 Å². The Morgan fingerprint density at radius 1 is 1.08 bits per heavy atom. The molecular weight excluding hydrogens is 314 g/mol. The van der Waals surface area contributed by atoms with Crippen molar-refractivity contribution in [3.05, 3.63) is 72.6 Å². The van der Waals surface area contributed by atoms with E-state index in [0.717, 1.165) is 11.4 Å². The normalized spacial score (nSPS) is 10.7. The summed E-state index contributed by atoms with van der Waals surface area (Å²) in [7, 11) is 0. The second-order valence-corrected chi connectivity index (χ2v) is 6.05. The molecule has 3 aromatic rings. The molecule has 0 fully saturated rings. The lowest BCUT2D eigenvalue weighted by atomic mass is 10.2. The van der Waals surface area contributed by atoms with E-state index in [0.29, 0.717) is 11.4 Å². The monoisotopic (exact) mass is 335 g/mol. The summed E-state index contributed by atoms with van der Waals surface area (Å²) in [5, 5.41) is 7.28. The molecule has 3 rings (SSSR count). The zero-order valence-electron chi connectivity index (χ0n) is 14.3. The number of hydrogen-bond donors (Lipinski definition) is 1. The number of nitrogens with one attached hydrogen (secondary N) is 1. The van der Waals surface area contributed by atoms with Crippen LogP contribution in [0.3, 0.4) is 0 Å². The van der Waals surface area contributed by atoms with Crippen LogP contribution >= 0.6 is 0 Å². The highest BCUT2D eigenvalue weighted by Crippen LogP contribution is 2.23. The molecule has 0 unspecified atom stereocenters. The number of hydrogen-bond acceptors (Lipinski definition) is 3. The Labute approximate surface area is 147 Å². The SMILES string of the molecule is CC(C)n1ccc(CC(=O)Nc2cccc(Oc3ccccc3)c2)n1. The number of para-hydroxylation sites is 1. The molecule has 5 nitrogen and oxygen atoms in total. The number of rotatable bonds is 6. The van der Waals surface area contributed by atoms with Crippen molar-refractivity contribution in [2.24, 2.45) is 0 Å². The van der Waals surface area contributed by atoms with Crippen molar-refractivity contribution in [1.29, 1.82) is 0 Å². The maximum atomic E-state index is 12.2. The molecule has 25 heavy (non-hydrogen) atoms. The van der Waals surface area contributed by atoms with Crippen LogP contribution in [0.4, 0.5) is 5.69 Å². The van der Waals surface area contributed by atoms with E-state index >= 15 is 0 Å². The largest absolute Gasteiger partial charge is 0.457 e. The minimum atomic E-state index is -0.106. The van der Waals surface area contributed by atoms with Gasteiger partial charge in [0.1, 0.15) is 11.5 Å². The Morgan fingerprint density at radius 3 is 2.56 bits per heavy atom. The van der Waals surface area contributed by atoms with Crippen molar-refractivity contribution in [2.75, 3.05) is 5.32 Å². The Balaban J connectivity index is 1.62. The van der Waals surface area contributed by atoms with Gasteiger partial charge in [0.15, 0.2) is 0 Å². The van der Waals surface area contributed by atoms with Crippen LogP contribution in [0.25, 0.3) is 0 Å². The summed E-state index contributed by atoms with van der Waals surface area (Å²) >= 11 is 0. The third-order valence-electron chi connectivity index (χ3n) is 3.63. The van der Waals surface area contributed by atoms with Crippen LogP contribution in [0.1, 0.15) is 25.6 Å². The molecule has 5 heteroatoms. The first-order valence-electron chi connectivity index (χ1n) is 8.27. The fraction of sp³-hybridized carbons (Fsp3) is 0.200.